The highest BCUT2D eigenvalue weighted by Crippen LogP contribution is 2.34. The van der Waals surface area contributed by atoms with Crippen LogP contribution in [0.4, 0.5) is 0 Å². The molecule has 0 aromatic heterocycles. The molecule has 2 nitrogen and oxygen atoms in total. The molecule has 2 aromatic rings. The zero-order valence-electron chi connectivity index (χ0n) is 12.1. The van der Waals surface area contributed by atoms with Crippen molar-refractivity contribution in [3.05, 3.63) is 69.7 Å². The Hall–Kier alpha value is -1.16. The molecule has 0 fully saturated rings. The van der Waals surface area contributed by atoms with Gasteiger partial charge in [0.15, 0.2) is 0 Å². The molecule has 0 saturated carbocycles. The van der Waals surface area contributed by atoms with Gasteiger partial charge in [0.25, 0.3) is 0 Å². The average Bonchev–Trinajstić information content (AvgIpc) is 2.52. The molecule has 2 atom stereocenters. The van der Waals surface area contributed by atoms with Gasteiger partial charge in [0.2, 0.25) is 0 Å². The van der Waals surface area contributed by atoms with Crippen LogP contribution >= 0.6 is 15.9 Å². The molecule has 0 amide bonds. The predicted molar refractivity (Wildman–Crippen MR) is 91.1 cm³/mol. The van der Waals surface area contributed by atoms with E-state index in [9.17, 15) is 0 Å². The molecular weight excluding hydrogens is 324 g/mol. The highest BCUT2D eigenvalue weighted by atomic mass is 79.9. The Bertz CT molecular complexity index is 612. The minimum absolute atomic E-state index is 0.278. The topological polar surface area (TPSA) is 38.0 Å². The first-order chi connectivity index (χ1) is 10.3. The van der Waals surface area contributed by atoms with Gasteiger partial charge in [-0.3, -0.25) is 11.3 Å². The molecule has 2 unspecified atom stereocenters. The first kappa shape index (κ1) is 14.8. The third kappa shape index (κ3) is 3.37. The van der Waals surface area contributed by atoms with E-state index in [0.717, 1.165) is 10.9 Å². The minimum Gasteiger partial charge on any atom is -0.271 e. The summed E-state index contributed by atoms with van der Waals surface area (Å²) in [6, 6.07) is 17.6. The van der Waals surface area contributed by atoms with Crippen molar-refractivity contribution in [3.8, 4) is 0 Å². The quantitative estimate of drug-likeness (QED) is 0.651. The van der Waals surface area contributed by atoms with E-state index in [4.69, 9.17) is 5.84 Å². The zero-order valence-corrected chi connectivity index (χ0v) is 13.6. The largest absolute Gasteiger partial charge is 0.271 e. The third-order valence-corrected chi connectivity index (χ3v) is 4.95. The number of halogens is 1. The number of rotatable bonds is 4. The second-order valence-corrected chi connectivity index (χ2v) is 6.72. The molecule has 3 rings (SSSR count). The van der Waals surface area contributed by atoms with E-state index in [1.807, 2.05) is 0 Å². The Balaban J connectivity index is 1.84. The maximum absolute atomic E-state index is 5.88. The van der Waals surface area contributed by atoms with Crippen LogP contribution in [0.5, 0.6) is 0 Å². The highest BCUT2D eigenvalue weighted by Gasteiger charge is 2.27. The van der Waals surface area contributed by atoms with Crippen molar-refractivity contribution < 1.29 is 0 Å². The van der Waals surface area contributed by atoms with Crippen molar-refractivity contribution in [1.82, 2.24) is 5.43 Å². The lowest BCUT2D eigenvalue weighted by molar-refractivity contribution is 0.395. The fraction of sp³-hybridized carbons (Fsp3) is 0.333. The monoisotopic (exact) mass is 344 g/mol. The van der Waals surface area contributed by atoms with Gasteiger partial charge in [0.1, 0.15) is 0 Å². The highest BCUT2D eigenvalue weighted by molar-refractivity contribution is 9.10. The molecule has 0 spiro atoms. The summed E-state index contributed by atoms with van der Waals surface area (Å²) in [5.41, 5.74) is 7.34. The van der Waals surface area contributed by atoms with E-state index in [0.29, 0.717) is 5.92 Å². The van der Waals surface area contributed by atoms with Crippen molar-refractivity contribution in [2.45, 2.75) is 37.6 Å². The lowest BCUT2D eigenvalue weighted by Gasteiger charge is -2.32. The van der Waals surface area contributed by atoms with Gasteiger partial charge in [-0.25, -0.2) is 0 Å². The van der Waals surface area contributed by atoms with Gasteiger partial charge in [-0.1, -0.05) is 52.3 Å². The van der Waals surface area contributed by atoms with Crippen LogP contribution in [0, 0.1) is 0 Å². The van der Waals surface area contributed by atoms with Crippen LogP contribution in [0.25, 0.3) is 0 Å². The van der Waals surface area contributed by atoms with Crippen molar-refractivity contribution in [3.63, 3.8) is 0 Å². The summed E-state index contributed by atoms with van der Waals surface area (Å²) in [5, 5.41) is 0. The molecule has 1 aliphatic carbocycles. The van der Waals surface area contributed by atoms with Crippen LogP contribution in [-0.2, 0) is 12.8 Å². The number of fused-ring (bicyclic) bond motifs is 1. The molecule has 0 radical (unpaired) electrons. The van der Waals surface area contributed by atoms with Crippen LogP contribution in [-0.4, -0.2) is 6.04 Å². The lowest BCUT2D eigenvalue weighted by Crippen LogP contribution is -2.42. The molecule has 0 saturated heterocycles. The van der Waals surface area contributed by atoms with E-state index >= 15 is 0 Å². The number of nitrogens with one attached hydrogen (secondary N) is 1. The van der Waals surface area contributed by atoms with Crippen molar-refractivity contribution in [2.24, 2.45) is 5.84 Å². The Labute approximate surface area is 134 Å². The van der Waals surface area contributed by atoms with Gasteiger partial charge in [-0.15, -0.1) is 0 Å². The van der Waals surface area contributed by atoms with Crippen molar-refractivity contribution >= 4 is 15.9 Å². The molecule has 0 heterocycles. The van der Waals surface area contributed by atoms with E-state index < -0.39 is 0 Å². The maximum Gasteiger partial charge on any atom is 0.0319 e. The molecule has 21 heavy (non-hydrogen) atoms. The summed E-state index contributed by atoms with van der Waals surface area (Å²) in [6.07, 6.45) is 4.61. The fourth-order valence-corrected chi connectivity index (χ4v) is 3.89. The first-order valence-corrected chi connectivity index (χ1v) is 8.35. The van der Waals surface area contributed by atoms with Crippen molar-refractivity contribution in [1.29, 1.82) is 0 Å². The third-order valence-electron chi connectivity index (χ3n) is 4.46. The zero-order chi connectivity index (χ0) is 14.7. The molecular formula is C18H21BrN2. The van der Waals surface area contributed by atoms with Crippen molar-refractivity contribution in [2.75, 3.05) is 0 Å². The number of nitrogens with two attached hydrogens (primary N) is 1. The minimum atomic E-state index is 0.278. The number of hydrogen-bond donors (Lipinski definition) is 2. The fourth-order valence-electron chi connectivity index (χ4n) is 3.44. The number of hydrogen-bond acceptors (Lipinski definition) is 2. The average molecular weight is 345 g/mol. The Morgan fingerprint density at radius 3 is 2.86 bits per heavy atom. The Kier molecular flexibility index (Phi) is 4.73. The van der Waals surface area contributed by atoms with Crippen LogP contribution in [0.1, 0.15) is 35.4 Å². The summed E-state index contributed by atoms with van der Waals surface area (Å²) in [6.45, 7) is 0. The van der Waals surface area contributed by atoms with Gasteiger partial charge >= 0.3 is 0 Å². The molecule has 0 bridgehead atoms. The van der Waals surface area contributed by atoms with Crippen LogP contribution in [0.3, 0.4) is 0 Å². The van der Waals surface area contributed by atoms with Gasteiger partial charge < -0.3 is 0 Å². The SMILES string of the molecule is NNC(Cc1cccc(Br)c1)C1CCCc2ccccc21. The molecule has 1 aliphatic rings. The van der Waals surface area contributed by atoms with E-state index in [-0.39, 0.29) is 6.04 Å². The standard InChI is InChI=1S/C18H21BrN2/c19-15-8-3-5-13(11-15)12-18(21-20)17-10-4-7-14-6-1-2-9-16(14)17/h1-3,5-6,8-9,11,17-18,21H,4,7,10,12,20H2. The summed E-state index contributed by atoms with van der Waals surface area (Å²) < 4.78 is 1.12. The Morgan fingerprint density at radius 1 is 1.19 bits per heavy atom. The van der Waals surface area contributed by atoms with Gasteiger partial charge in [0, 0.05) is 16.4 Å². The van der Waals surface area contributed by atoms with Crippen LogP contribution < -0.4 is 11.3 Å². The summed E-state index contributed by atoms with van der Waals surface area (Å²) in [7, 11) is 0. The lowest BCUT2D eigenvalue weighted by atomic mass is 9.77. The number of benzene rings is 2. The summed E-state index contributed by atoms with van der Waals surface area (Å²) in [4.78, 5) is 0. The number of aryl methyl sites for hydroxylation is 1. The smallest absolute Gasteiger partial charge is 0.0319 e. The predicted octanol–water partition coefficient (Wildman–Crippen LogP) is 3.94. The number of hydrazine groups is 1. The molecule has 110 valence electrons. The van der Waals surface area contributed by atoms with E-state index in [2.05, 4.69) is 69.9 Å². The van der Waals surface area contributed by atoms with Crippen LogP contribution in [0.2, 0.25) is 0 Å². The first-order valence-electron chi connectivity index (χ1n) is 7.56. The van der Waals surface area contributed by atoms with Gasteiger partial charge in [-0.05, 0) is 54.5 Å². The van der Waals surface area contributed by atoms with Gasteiger partial charge in [-0.2, -0.15) is 0 Å². The normalized spacial score (nSPS) is 19.0. The molecule has 3 heteroatoms. The van der Waals surface area contributed by atoms with Gasteiger partial charge in [0.05, 0.1) is 0 Å². The van der Waals surface area contributed by atoms with Crippen LogP contribution in [0.15, 0.2) is 53.0 Å². The molecule has 3 N–H and O–H groups in total. The van der Waals surface area contributed by atoms with E-state index in [1.165, 1.54) is 36.0 Å². The molecule has 0 aliphatic heterocycles. The summed E-state index contributed by atoms with van der Waals surface area (Å²) >= 11 is 3.54. The molecule has 2 aromatic carbocycles. The second kappa shape index (κ2) is 6.73. The maximum atomic E-state index is 5.88. The van der Waals surface area contributed by atoms with E-state index in [1.54, 1.807) is 0 Å². The second-order valence-electron chi connectivity index (χ2n) is 5.80. The Morgan fingerprint density at radius 2 is 2.05 bits per heavy atom. The summed E-state index contributed by atoms with van der Waals surface area (Å²) in [5.74, 6) is 6.38.